The van der Waals surface area contributed by atoms with Gasteiger partial charge in [-0.05, 0) is 0 Å². The van der Waals surface area contributed by atoms with Crippen molar-refractivity contribution in [3.63, 3.8) is 0 Å². The highest BCUT2D eigenvalue weighted by Gasteiger charge is 2.23. The number of aromatic nitrogens is 2. The van der Waals surface area contributed by atoms with E-state index in [2.05, 4.69) is 15.3 Å². The molecule has 11 nitrogen and oxygen atoms in total. The molecular formula is C12H17N5O6. The molecule has 0 saturated carbocycles. The van der Waals surface area contributed by atoms with Crippen LogP contribution in [0.5, 0.6) is 0 Å². The molecule has 0 spiro atoms. The molecule has 0 bridgehead atoms. The zero-order valence-corrected chi connectivity index (χ0v) is 12.0. The van der Waals surface area contributed by atoms with Gasteiger partial charge in [-0.2, -0.15) is 0 Å². The van der Waals surface area contributed by atoms with Gasteiger partial charge in [0, 0.05) is 18.3 Å². The van der Waals surface area contributed by atoms with E-state index < -0.39 is 48.8 Å². The lowest BCUT2D eigenvalue weighted by Gasteiger charge is -2.14. The second-order valence-corrected chi connectivity index (χ2v) is 4.66. The zero-order chi connectivity index (χ0) is 17.4. The highest BCUT2D eigenvalue weighted by Crippen LogP contribution is 1.96. The lowest BCUT2D eigenvalue weighted by Crippen LogP contribution is -2.49. The summed E-state index contributed by atoms with van der Waals surface area (Å²) in [6.45, 7) is -0.515. The van der Waals surface area contributed by atoms with Crippen molar-refractivity contribution in [2.75, 3.05) is 6.54 Å². The Morgan fingerprint density at radius 3 is 2.52 bits per heavy atom. The van der Waals surface area contributed by atoms with E-state index >= 15 is 0 Å². The van der Waals surface area contributed by atoms with Crippen LogP contribution in [0.2, 0.25) is 0 Å². The molecule has 23 heavy (non-hydrogen) atoms. The molecule has 11 heteroatoms. The van der Waals surface area contributed by atoms with Gasteiger partial charge in [0.05, 0.1) is 25.3 Å². The number of carboxylic acids is 2. The molecule has 0 aromatic carbocycles. The van der Waals surface area contributed by atoms with Crippen molar-refractivity contribution < 1.29 is 29.4 Å². The Hall–Kier alpha value is -2.95. The smallest absolute Gasteiger partial charge is 0.326 e. The van der Waals surface area contributed by atoms with Crippen molar-refractivity contribution in [3.8, 4) is 0 Å². The van der Waals surface area contributed by atoms with E-state index in [4.69, 9.17) is 15.9 Å². The summed E-state index contributed by atoms with van der Waals surface area (Å²) in [6.07, 6.45) is 2.35. The highest BCUT2D eigenvalue weighted by molar-refractivity contribution is 5.90. The number of nitrogens with zero attached hydrogens (tertiary/aromatic N) is 1. The third kappa shape index (κ3) is 6.56. The average Bonchev–Trinajstić information content (AvgIpc) is 2.96. The number of carbonyl (C=O) groups excluding carboxylic acids is 2. The normalized spacial score (nSPS) is 12.9. The van der Waals surface area contributed by atoms with Gasteiger partial charge < -0.3 is 31.6 Å². The van der Waals surface area contributed by atoms with Crippen LogP contribution in [0.15, 0.2) is 12.5 Å². The van der Waals surface area contributed by atoms with Crippen LogP contribution in [-0.2, 0) is 25.6 Å². The van der Waals surface area contributed by atoms with E-state index in [1.165, 1.54) is 12.5 Å². The molecule has 126 valence electrons. The predicted octanol–water partition coefficient (Wildman–Crippen LogP) is -2.56. The van der Waals surface area contributed by atoms with Gasteiger partial charge >= 0.3 is 11.9 Å². The maximum absolute atomic E-state index is 11.7. The second-order valence-electron chi connectivity index (χ2n) is 4.66. The maximum atomic E-state index is 11.7. The number of amides is 2. The first-order valence-electron chi connectivity index (χ1n) is 6.54. The minimum Gasteiger partial charge on any atom is -0.481 e. The third-order valence-corrected chi connectivity index (χ3v) is 2.77. The summed E-state index contributed by atoms with van der Waals surface area (Å²) >= 11 is 0. The molecule has 1 heterocycles. The van der Waals surface area contributed by atoms with Crippen molar-refractivity contribution in [2.45, 2.75) is 24.9 Å². The first kappa shape index (κ1) is 18.1. The Morgan fingerprint density at radius 1 is 1.30 bits per heavy atom. The molecule has 0 radical (unpaired) electrons. The van der Waals surface area contributed by atoms with Gasteiger partial charge in [0.2, 0.25) is 11.8 Å². The van der Waals surface area contributed by atoms with Gasteiger partial charge in [0.15, 0.2) is 0 Å². The molecule has 0 fully saturated rings. The fourth-order valence-electron chi connectivity index (χ4n) is 1.64. The van der Waals surface area contributed by atoms with Crippen LogP contribution in [0.3, 0.4) is 0 Å². The molecule has 1 aromatic heterocycles. The van der Waals surface area contributed by atoms with Gasteiger partial charge in [-0.25, -0.2) is 9.78 Å². The van der Waals surface area contributed by atoms with E-state index in [1.807, 2.05) is 5.32 Å². The van der Waals surface area contributed by atoms with Crippen LogP contribution < -0.4 is 16.4 Å². The lowest BCUT2D eigenvalue weighted by molar-refractivity contribution is -0.147. The highest BCUT2D eigenvalue weighted by atomic mass is 16.4. The molecule has 2 amide bonds. The lowest BCUT2D eigenvalue weighted by atomic mass is 10.1. The average molecular weight is 327 g/mol. The molecule has 0 aliphatic rings. The number of aliphatic carboxylic acids is 2. The van der Waals surface area contributed by atoms with Gasteiger partial charge in [-0.1, -0.05) is 0 Å². The molecule has 0 saturated heterocycles. The van der Waals surface area contributed by atoms with Crippen molar-refractivity contribution in [2.24, 2.45) is 5.73 Å². The van der Waals surface area contributed by atoms with Crippen molar-refractivity contribution >= 4 is 23.8 Å². The number of carbonyl (C=O) groups is 4. The number of hydrogen-bond acceptors (Lipinski definition) is 6. The van der Waals surface area contributed by atoms with Crippen LogP contribution in [0.25, 0.3) is 0 Å². The Morgan fingerprint density at radius 2 is 2.00 bits per heavy atom. The Bertz CT molecular complexity index is 573. The van der Waals surface area contributed by atoms with Gasteiger partial charge in [0.1, 0.15) is 6.04 Å². The number of carboxylic acid groups (broad SMARTS) is 2. The van der Waals surface area contributed by atoms with Crippen molar-refractivity contribution in [1.29, 1.82) is 0 Å². The summed E-state index contributed by atoms with van der Waals surface area (Å²) in [5.74, 6) is -4.30. The molecule has 1 aromatic rings. The number of rotatable bonds is 9. The first-order chi connectivity index (χ1) is 10.8. The van der Waals surface area contributed by atoms with E-state index in [1.54, 1.807) is 0 Å². The van der Waals surface area contributed by atoms with Crippen LogP contribution in [0, 0.1) is 0 Å². The molecule has 0 unspecified atom stereocenters. The monoisotopic (exact) mass is 327 g/mol. The summed E-state index contributed by atoms with van der Waals surface area (Å²) in [7, 11) is 0. The number of nitrogens with one attached hydrogen (secondary N) is 3. The minimum absolute atomic E-state index is 0.185. The SMILES string of the molecule is N[C@@H](Cc1cnc[nH]1)C(=O)NCC(=O)N[C@@H](CC(=O)O)C(=O)O. The van der Waals surface area contributed by atoms with Crippen LogP contribution in [0.4, 0.5) is 0 Å². The fourth-order valence-corrected chi connectivity index (χ4v) is 1.64. The Labute approximate surface area is 130 Å². The van der Waals surface area contributed by atoms with E-state index in [9.17, 15) is 19.2 Å². The molecule has 2 atom stereocenters. The molecular weight excluding hydrogens is 310 g/mol. The Balaban J connectivity index is 2.40. The number of nitrogens with two attached hydrogens (primary N) is 1. The predicted molar refractivity (Wildman–Crippen MR) is 75.1 cm³/mol. The van der Waals surface area contributed by atoms with Gasteiger partial charge in [-0.3, -0.25) is 14.4 Å². The van der Waals surface area contributed by atoms with Crippen molar-refractivity contribution in [3.05, 3.63) is 18.2 Å². The number of aromatic amines is 1. The number of hydrogen-bond donors (Lipinski definition) is 6. The van der Waals surface area contributed by atoms with E-state index in [0.29, 0.717) is 5.69 Å². The third-order valence-electron chi connectivity index (χ3n) is 2.77. The number of imidazole rings is 1. The maximum Gasteiger partial charge on any atom is 0.326 e. The fraction of sp³-hybridized carbons (Fsp3) is 0.417. The zero-order valence-electron chi connectivity index (χ0n) is 12.0. The molecule has 7 N–H and O–H groups in total. The summed E-state index contributed by atoms with van der Waals surface area (Å²) < 4.78 is 0. The summed E-state index contributed by atoms with van der Waals surface area (Å²) in [4.78, 5) is 51.1. The molecule has 1 rings (SSSR count). The van der Waals surface area contributed by atoms with Crippen LogP contribution >= 0.6 is 0 Å². The van der Waals surface area contributed by atoms with Crippen LogP contribution in [-0.4, -0.2) is 62.6 Å². The number of H-pyrrole nitrogens is 1. The minimum atomic E-state index is -1.57. The van der Waals surface area contributed by atoms with E-state index in [-0.39, 0.29) is 6.42 Å². The quantitative estimate of drug-likeness (QED) is 0.285. The Kier molecular flexibility index (Phi) is 6.68. The van der Waals surface area contributed by atoms with Gasteiger partial charge in [0.25, 0.3) is 0 Å². The molecule has 0 aliphatic carbocycles. The summed E-state index contributed by atoms with van der Waals surface area (Å²) in [5, 5.41) is 21.6. The first-order valence-corrected chi connectivity index (χ1v) is 6.54. The van der Waals surface area contributed by atoms with E-state index in [0.717, 1.165) is 0 Å². The van der Waals surface area contributed by atoms with Crippen molar-refractivity contribution in [1.82, 2.24) is 20.6 Å². The second kappa shape index (κ2) is 8.48. The summed E-state index contributed by atoms with van der Waals surface area (Å²) in [5.41, 5.74) is 6.29. The summed E-state index contributed by atoms with van der Waals surface area (Å²) in [6, 6.07) is -2.49. The van der Waals surface area contributed by atoms with Gasteiger partial charge in [-0.15, -0.1) is 0 Å². The topological polar surface area (TPSA) is 187 Å². The molecule has 0 aliphatic heterocycles. The van der Waals surface area contributed by atoms with Crippen LogP contribution in [0.1, 0.15) is 12.1 Å². The standard InChI is InChI=1S/C12H17N5O6/c13-7(1-6-3-14-5-16-6)11(21)15-4-9(18)17-8(12(22)23)2-10(19)20/h3,5,7-8H,1-2,4,13H2,(H,14,16)(H,15,21)(H,17,18)(H,19,20)(H,22,23)/t7-,8-/m0/s1. The largest absolute Gasteiger partial charge is 0.481 e.